The number of anilines is 2. The molecule has 0 atom stereocenters. The summed E-state index contributed by atoms with van der Waals surface area (Å²) < 4.78 is 28.6. The van der Waals surface area contributed by atoms with E-state index in [2.05, 4.69) is 27.8 Å². The van der Waals surface area contributed by atoms with Crippen molar-refractivity contribution in [2.75, 3.05) is 22.4 Å². The molecule has 0 unspecified atom stereocenters. The molecular weight excluding hydrogens is 434 g/mol. The molecule has 5 rings (SSSR count). The number of sulfonamides is 1. The first-order valence-corrected chi connectivity index (χ1v) is 12.7. The van der Waals surface area contributed by atoms with Crippen molar-refractivity contribution < 1.29 is 8.42 Å². The van der Waals surface area contributed by atoms with Gasteiger partial charge in [-0.3, -0.25) is 9.52 Å². The zero-order valence-corrected chi connectivity index (χ0v) is 19.4. The third-order valence-electron chi connectivity index (χ3n) is 6.11. The number of hydrogen-bond acceptors (Lipinski definition) is 4. The van der Waals surface area contributed by atoms with Crippen molar-refractivity contribution >= 4 is 32.2 Å². The largest absolute Gasteiger partial charge is 0.367 e. The van der Waals surface area contributed by atoms with Gasteiger partial charge in [-0.1, -0.05) is 48.5 Å². The fourth-order valence-corrected chi connectivity index (χ4v) is 5.21. The number of rotatable bonds is 5. The van der Waals surface area contributed by atoms with Crippen LogP contribution in [0.4, 0.5) is 11.4 Å². The molecule has 0 saturated carbocycles. The van der Waals surface area contributed by atoms with E-state index in [1.54, 1.807) is 11.6 Å². The molecule has 6 nitrogen and oxygen atoms in total. The first-order valence-electron chi connectivity index (χ1n) is 10.8. The Kier molecular flexibility index (Phi) is 5.21. The highest BCUT2D eigenvalue weighted by Gasteiger charge is 2.25. The minimum atomic E-state index is -3.46. The number of aromatic nitrogens is 1. The Labute approximate surface area is 193 Å². The molecule has 0 saturated heterocycles. The molecule has 0 aliphatic carbocycles. The van der Waals surface area contributed by atoms with Crippen molar-refractivity contribution in [3.05, 3.63) is 94.4 Å². The van der Waals surface area contributed by atoms with E-state index in [-0.39, 0.29) is 5.56 Å². The van der Waals surface area contributed by atoms with Crippen LogP contribution >= 0.6 is 0 Å². The summed E-state index contributed by atoms with van der Waals surface area (Å²) in [5.74, 6) is 0. The minimum absolute atomic E-state index is 0.0595. The van der Waals surface area contributed by atoms with Gasteiger partial charge in [-0.25, -0.2) is 8.42 Å². The Balaban J connectivity index is 1.71. The van der Waals surface area contributed by atoms with Crippen LogP contribution in [0.3, 0.4) is 0 Å². The summed E-state index contributed by atoms with van der Waals surface area (Å²) in [6, 6.07) is 21.8. The monoisotopic (exact) mass is 459 g/mol. The summed E-state index contributed by atoms with van der Waals surface area (Å²) in [5, 5.41) is 1.48. The van der Waals surface area contributed by atoms with Gasteiger partial charge in [0.1, 0.15) is 0 Å². The van der Waals surface area contributed by atoms with E-state index >= 15 is 0 Å². The van der Waals surface area contributed by atoms with Crippen LogP contribution < -0.4 is 15.2 Å². The van der Waals surface area contributed by atoms with Crippen LogP contribution in [0.1, 0.15) is 11.1 Å². The summed E-state index contributed by atoms with van der Waals surface area (Å²) in [5.41, 5.74) is 5.50. The number of hydrogen-bond donors (Lipinski definition) is 1. The second-order valence-electron chi connectivity index (χ2n) is 8.56. The number of benzene rings is 3. The van der Waals surface area contributed by atoms with E-state index in [0.29, 0.717) is 11.1 Å². The smallest absolute Gasteiger partial charge is 0.258 e. The van der Waals surface area contributed by atoms with Crippen LogP contribution in [0.2, 0.25) is 0 Å². The lowest BCUT2D eigenvalue weighted by atomic mass is 9.97. The Morgan fingerprint density at radius 2 is 1.67 bits per heavy atom. The third-order valence-corrected chi connectivity index (χ3v) is 6.70. The van der Waals surface area contributed by atoms with Gasteiger partial charge in [0.25, 0.3) is 5.56 Å². The molecule has 3 aromatic carbocycles. The highest BCUT2D eigenvalue weighted by Crippen LogP contribution is 2.40. The van der Waals surface area contributed by atoms with E-state index < -0.39 is 10.0 Å². The maximum atomic E-state index is 12.7. The normalized spacial score (nSPS) is 13.3. The number of pyridine rings is 1. The van der Waals surface area contributed by atoms with Gasteiger partial charge in [-0.2, -0.15) is 0 Å². The number of nitrogens with one attached hydrogen (secondary N) is 1. The van der Waals surface area contributed by atoms with Gasteiger partial charge >= 0.3 is 0 Å². The molecule has 0 radical (unpaired) electrons. The molecule has 33 heavy (non-hydrogen) atoms. The molecule has 168 valence electrons. The Bertz CT molecular complexity index is 1530. The zero-order valence-electron chi connectivity index (χ0n) is 18.6. The van der Waals surface area contributed by atoms with Crippen molar-refractivity contribution in [2.24, 2.45) is 7.05 Å². The molecule has 0 spiro atoms. The van der Waals surface area contributed by atoms with Gasteiger partial charge in [-0.15, -0.1) is 0 Å². The van der Waals surface area contributed by atoms with Gasteiger partial charge in [0.2, 0.25) is 10.0 Å². The maximum absolute atomic E-state index is 12.7. The van der Waals surface area contributed by atoms with Crippen LogP contribution in [0.5, 0.6) is 0 Å². The van der Waals surface area contributed by atoms with E-state index in [1.165, 1.54) is 11.8 Å². The molecule has 0 amide bonds. The molecular formula is C26H25N3O3S. The summed E-state index contributed by atoms with van der Waals surface area (Å²) in [6.07, 6.45) is 3.76. The fraction of sp³-hybridized carbons (Fsp3) is 0.192. The molecule has 1 aromatic heterocycles. The predicted octanol–water partition coefficient (Wildman–Crippen LogP) is 4.14. The molecule has 4 aromatic rings. The van der Waals surface area contributed by atoms with Gasteiger partial charge in [0.05, 0.1) is 11.9 Å². The molecule has 0 bridgehead atoms. The minimum Gasteiger partial charge on any atom is -0.367 e. The van der Waals surface area contributed by atoms with Crippen molar-refractivity contribution in [2.45, 2.75) is 13.0 Å². The number of nitrogens with zero attached hydrogens (tertiary/aromatic N) is 2. The van der Waals surface area contributed by atoms with Crippen molar-refractivity contribution in [1.82, 2.24) is 4.57 Å². The van der Waals surface area contributed by atoms with Crippen LogP contribution in [-0.4, -0.2) is 25.8 Å². The Morgan fingerprint density at radius 1 is 0.970 bits per heavy atom. The third kappa shape index (κ3) is 4.12. The first kappa shape index (κ1) is 21.3. The van der Waals surface area contributed by atoms with E-state index in [1.807, 2.05) is 54.7 Å². The lowest BCUT2D eigenvalue weighted by Gasteiger charge is -2.22. The molecule has 2 heterocycles. The molecule has 0 fully saturated rings. The summed E-state index contributed by atoms with van der Waals surface area (Å²) in [4.78, 5) is 15.0. The standard InChI is InChI=1S/C26H25N3O3S/c1-28-17-23(20-10-6-7-11-21(20)26(28)30)19-14-24(27-33(2,31)32)22-12-13-29(25(22)15-19)16-18-8-4-3-5-9-18/h3-11,14-15,17,27H,12-13,16H2,1-2H3. The average molecular weight is 460 g/mol. The lowest BCUT2D eigenvalue weighted by molar-refractivity contribution is 0.607. The Morgan fingerprint density at radius 3 is 2.39 bits per heavy atom. The second-order valence-corrected chi connectivity index (χ2v) is 10.3. The average Bonchev–Trinajstić information content (AvgIpc) is 3.19. The topological polar surface area (TPSA) is 71.4 Å². The molecule has 1 N–H and O–H groups in total. The Hall–Kier alpha value is -3.58. The first-order chi connectivity index (χ1) is 15.8. The van der Waals surface area contributed by atoms with Gasteiger partial charge in [-0.05, 0) is 41.1 Å². The van der Waals surface area contributed by atoms with Crippen LogP contribution in [0.15, 0.2) is 77.7 Å². The summed E-state index contributed by atoms with van der Waals surface area (Å²) in [6.45, 7) is 1.55. The molecule has 1 aliphatic rings. The predicted molar refractivity (Wildman–Crippen MR) is 134 cm³/mol. The van der Waals surface area contributed by atoms with E-state index in [4.69, 9.17) is 0 Å². The second kappa shape index (κ2) is 8.08. The van der Waals surface area contributed by atoms with Crippen LogP contribution in [0, 0.1) is 0 Å². The van der Waals surface area contributed by atoms with Gasteiger partial charge in [0.15, 0.2) is 0 Å². The fourth-order valence-electron chi connectivity index (χ4n) is 4.63. The maximum Gasteiger partial charge on any atom is 0.258 e. The van der Waals surface area contributed by atoms with Crippen molar-refractivity contribution in [3.63, 3.8) is 0 Å². The molecule has 7 heteroatoms. The van der Waals surface area contributed by atoms with Crippen LogP contribution in [0.25, 0.3) is 21.9 Å². The van der Waals surface area contributed by atoms with Crippen molar-refractivity contribution in [1.29, 1.82) is 0 Å². The van der Waals surface area contributed by atoms with Gasteiger partial charge in [0, 0.05) is 48.5 Å². The zero-order chi connectivity index (χ0) is 23.2. The number of aryl methyl sites for hydroxylation is 1. The highest BCUT2D eigenvalue weighted by atomic mass is 32.2. The quantitative estimate of drug-likeness (QED) is 0.487. The van der Waals surface area contributed by atoms with Crippen LogP contribution in [-0.2, 0) is 30.0 Å². The van der Waals surface area contributed by atoms with Gasteiger partial charge < -0.3 is 9.47 Å². The molecule has 1 aliphatic heterocycles. The number of fused-ring (bicyclic) bond motifs is 2. The lowest BCUT2D eigenvalue weighted by Crippen LogP contribution is -2.19. The summed E-state index contributed by atoms with van der Waals surface area (Å²) in [7, 11) is -1.72. The van der Waals surface area contributed by atoms with E-state index in [0.717, 1.165) is 47.3 Å². The summed E-state index contributed by atoms with van der Waals surface area (Å²) >= 11 is 0. The van der Waals surface area contributed by atoms with E-state index in [9.17, 15) is 13.2 Å². The highest BCUT2D eigenvalue weighted by molar-refractivity contribution is 7.92. The van der Waals surface area contributed by atoms with Crippen molar-refractivity contribution in [3.8, 4) is 11.1 Å². The SMILES string of the molecule is Cn1cc(-c2cc(NS(C)(=O)=O)c3c(c2)N(Cc2ccccc2)CC3)c2ccccc2c1=O.